The maximum absolute atomic E-state index is 10.3. The molecule has 0 radical (unpaired) electrons. The number of anilines is 1. The topological polar surface area (TPSA) is 44.7 Å². The van der Waals surface area contributed by atoms with Crippen molar-refractivity contribution in [2.45, 2.75) is 50.8 Å². The summed E-state index contributed by atoms with van der Waals surface area (Å²) in [5.41, 5.74) is 2.30. The third-order valence-electron chi connectivity index (χ3n) is 4.70. The van der Waals surface area contributed by atoms with Gasteiger partial charge in [-0.15, -0.1) is 0 Å². The van der Waals surface area contributed by atoms with Crippen LogP contribution in [0.4, 0.5) is 5.69 Å². The van der Waals surface area contributed by atoms with Crippen LogP contribution >= 0.6 is 0 Å². The molecule has 0 heterocycles. The third-order valence-corrected chi connectivity index (χ3v) is 4.70. The van der Waals surface area contributed by atoms with E-state index in [-0.39, 0.29) is 18.2 Å². The van der Waals surface area contributed by atoms with Crippen LogP contribution in [0.1, 0.15) is 44.2 Å². The van der Waals surface area contributed by atoms with Gasteiger partial charge in [0.15, 0.2) is 0 Å². The summed E-state index contributed by atoms with van der Waals surface area (Å²) in [7, 11) is 5.75. The second-order valence-corrected chi connectivity index (χ2v) is 5.93. The molecule has 1 aromatic carbocycles. The zero-order chi connectivity index (χ0) is 15.4. The van der Waals surface area contributed by atoms with Gasteiger partial charge in [0, 0.05) is 24.3 Å². The van der Waals surface area contributed by atoms with Crippen molar-refractivity contribution < 1.29 is 9.84 Å². The SMILES string of the molecule is CNC(C)c1c(OC)cccc1N(C)C1CCCCC1O. The van der Waals surface area contributed by atoms with Gasteiger partial charge in [0.25, 0.3) is 0 Å². The van der Waals surface area contributed by atoms with Crippen LogP contribution < -0.4 is 15.0 Å². The Morgan fingerprint density at radius 1 is 1.33 bits per heavy atom. The Kier molecular flexibility index (Phi) is 5.48. The molecule has 0 aromatic heterocycles. The fraction of sp³-hybridized carbons (Fsp3) is 0.647. The summed E-state index contributed by atoms with van der Waals surface area (Å²) in [4.78, 5) is 2.23. The number of methoxy groups -OCH3 is 1. The molecule has 0 bridgehead atoms. The average molecular weight is 292 g/mol. The van der Waals surface area contributed by atoms with Crippen LogP contribution in [0.15, 0.2) is 18.2 Å². The van der Waals surface area contributed by atoms with Crippen molar-refractivity contribution in [1.29, 1.82) is 0 Å². The molecule has 0 amide bonds. The van der Waals surface area contributed by atoms with Crippen molar-refractivity contribution in [2.24, 2.45) is 0 Å². The maximum atomic E-state index is 10.3. The van der Waals surface area contributed by atoms with Gasteiger partial charge in [0.2, 0.25) is 0 Å². The number of benzene rings is 1. The first-order valence-electron chi connectivity index (χ1n) is 7.85. The zero-order valence-corrected chi connectivity index (χ0v) is 13.6. The molecule has 118 valence electrons. The van der Waals surface area contributed by atoms with Crippen molar-refractivity contribution >= 4 is 5.69 Å². The number of hydrogen-bond acceptors (Lipinski definition) is 4. The Labute approximate surface area is 128 Å². The Morgan fingerprint density at radius 3 is 2.67 bits per heavy atom. The minimum Gasteiger partial charge on any atom is -0.496 e. The number of rotatable bonds is 5. The van der Waals surface area contributed by atoms with E-state index in [2.05, 4.69) is 30.3 Å². The van der Waals surface area contributed by atoms with E-state index in [1.807, 2.05) is 19.2 Å². The molecule has 0 aliphatic heterocycles. The molecule has 1 fully saturated rings. The molecule has 1 aromatic rings. The van der Waals surface area contributed by atoms with Gasteiger partial charge in [-0.25, -0.2) is 0 Å². The van der Waals surface area contributed by atoms with Gasteiger partial charge in [-0.2, -0.15) is 0 Å². The van der Waals surface area contributed by atoms with Gasteiger partial charge in [-0.3, -0.25) is 0 Å². The van der Waals surface area contributed by atoms with Crippen LogP contribution in [-0.4, -0.2) is 38.5 Å². The lowest BCUT2D eigenvalue weighted by molar-refractivity contribution is 0.106. The predicted molar refractivity (Wildman–Crippen MR) is 87.1 cm³/mol. The van der Waals surface area contributed by atoms with Crippen molar-refractivity contribution in [3.8, 4) is 5.75 Å². The second-order valence-electron chi connectivity index (χ2n) is 5.93. The molecule has 1 saturated carbocycles. The lowest BCUT2D eigenvalue weighted by atomic mass is 9.90. The van der Waals surface area contributed by atoms with E-state index >= 15 is 0 Å². The van der Waals surface area contributed by atoms with E-state index in [0.29, 0.717) is 0 Å². The summed E-state index contributed by atoms with van der Waals surface area (Å²) in [6, 6.07) is 6.52. The van der Waals surface area contributed by atoms with Crippen molar-refractivity contribution in [1.82, 2.24) is 5.32 Å². The number of aliphatic hydroxyl groups excluding tert-OH is 1. The molecule has 4 nitrogen and oxygen atoms in total. The molecule has 0 saturated heterocycles. The van der Waals surface area contributed by atoms with E-state index in [4.69, 9.17) is 4.74 Å². The number of likely N-dealkylation sites (N-methyl/N-ethyl adjacent to an activating group) is 1. The van der Waals surface area contributed by atoms with Crippen LogP contribution in [0.3, 0.4) is 0 Å². The van der Waals surface area contributed by atoms with Gasteiger partial charge in [-0.05, 0) is 38.9 Å². The Hall–Kier alpha value is -1.26. The summed E-state index contributed by atoms with van der Waals surface area (Å²) in [6.07, 6.45) is 4.02. The van der Waals surface area contributed by atoms with Crippen molar-refractivity contribution in [3.63, 3.8) is 0 Å². The maximum Gasteiger partial charge on any atom is 0.125 e. The van der Waals surface area contributed by atoms with E-state index in [0.717, 1.165) is 36.3 Å². The molecule has 1 aliphatic carbocycles. The summed E-state index contributed by atoms with van der Waals surface area (Å²) in [5.74, 6) is 0.895. The first-order valence-corrected chi connectivity index (χ1v) is 7.85. The molecule has 0 spiro atoms. The molecule has 3 unspecified atom stereocenters. The number of aliphatic hydroxyl groups is 1. The largest absolute Gasteiger partial charge is 0.496 e. The highest BCUT2D eigenvalue weighted by molar-refractivity contribution is 5.61. The second kappa shape index (κ2) is 7.14. The lowest BCUT2D eigenvalue weighted by Crippen LogP contribution is -2.44. The highest BCUT2D eigenvalue weighted by Crippen LogP contribution is 2.36. The number of hydrogen-bond donors (Lipinski definition) is 2. The summed E-state index contributed by atoms with van der Waals surface area (Å²) in [5, 5.41) is 13.6. The van der Waals surface area contributed by atoms with E-state index in [1.165, 1.54) is 6.42 Å². The average Bonchev–Trinajstić information content (AvgIpc) is 2.53. The lowest BCUT2D eigenvalue weighted by Gasteiger charge is -2.38. The predicted octanol–water partition coefficient (Wildman–Crippen LogP) is 2.72. The molecule has 1 aliphatic rings. The van der Waals surface area contributed by atoms with Gasteiger partial charge in [-0.1, -0.05) is 18.9 Å². The molecule has 3 atom stereocenters. The first kappa shape index (κ1) is 16.1. The quantitative estimate of drug-likeness (QED) is 0.876. The molecule has 4 heteroatoms. The van der Waals surface area contributed by atoms with Gasteiger partial charge in [0.1, 0.15) is 5.75 Å². The molecular weight excluding hydrogens is 264 g/mol. The summed E-state index contributed by atoms with van der Waals surface area (Å²) in [6.45, 7) is 2.13. The Morgan fingerprint density at radius 2 is 2.05 bits per heavy atom. The molecule has 2 N–H and O–H groups in total. The minimum absolute atomic E-state index is 0.189. The highest BCUT2D eigenvalue weighted by Gasteiger charge is 2.29. The number of ether oxygens (including phenoxy) is 1. The van der Waals surface area contributed by atoms with Crippen LogP contribution in [0, 0.1) is 0 Å². The van der Waals surface area contributed by atoms with Crippen LogP contribution in [-0.2, 0) is 0 Å². The number of nitrogens with zero attached hydrogens (tertiary/aromatic N) is 1. The van der Waals surface area contributed by atoms with E-state index < -0.39 is 0 Å². The smallest absolute Gasteiger partial charge is 0.125 e. The van der Waals surface area contributed by atoms with Crippen molar-refractivity contribution in [3.05, 3.63) is 23.8 Å². The summed E-state index contributed by atoms with van der Waals surface area (Å²) >= 11 is 0. The fourth-order valence-corrected chi connectivity index (χ4v) is 3.32. The van der Waals surface area contributed by atoms with Crippen molar-refractivity contribution in [2.75, 3.05) is 26.1 Å². The third kappa shape index (κ3) is 3.33. The fourth-order valence-electron chi connectivity index (χ4n) is 3.32. The van der Waals surface area contributed by atoms with E-state index in [9.17, 15) is 5.11 Å². The van der Waals surface area contributed by atoms with Gasteiger partial charge in [0.05, 0.1) is 19.3 Å². The number of nitrogens with one attached hydrogen (secondary N) is 1. The molecule has 21 heavy (non-hydrogen) atoms. The van der Waals surface area contributed by atoms with Gasteiger partial charge >= 0.3 is 0 Å². The van der Waals surface area contributed by atoms with Crippen LogP contribution in [0.2, 0.25) is 0 Å². The Bertz CT molecular complexity index is 464. The van der Waals surface area contributed by atoms with E-state index in [1.54, 1.807) is 7.11 Å². The standard InChI is InChI=1S/C17H28N2O2/c1-12(18-2)17-14(9-7-11-16(17)21-4)19(3)13-8-5-6-10-15(13)20/h7,9,11-13,15,18,20H,5-6,8,10H2,1-4H3. The van der Waals surface area contributed by atoms with Crippen LogP contribution in [0.25, 0.3) is 0 Å². The minimum atomic E-state index is -0.243. The molecular formula is C17H28N2O2. The zero-order valence-electron chi connectivity index (χ0n) is 13.6. The van der Waals surface area contributed by atoms with Gasteiger partial charge < -0.3 is 20.1 Å². The monoisotopic (exact) mass is 292 g/mol. The van der Waals surface area contributed by atoms with Crippen LogP contribution in [0.5, 0.6) is 5.75 Å². The normalized spacial score (nSPS) is 23.7. The highest BCUT2D eigenvalue weighted by atomic mass is 16.5. The Balaban J connectivity index is 2.37. The molecule has 2 rings (SSSR count). The first-order chi connectivity index (χ1) is 10.1. The summed E-state index contributed by atoms with van der Waals surface area (Å²) < 4.78 is 5.54.